The Kier molecular flexibility index (Phi) is 1.59. The highest BCUT2D eigenvalue weighted by molar-refractivity contribution is 5.22. The van der Waals surface area contributed by atoms with Crippen LogP contribution in [0, 0.1) is 0 Å². The van der Waals surface area contributed by atoms with Gasteiger partial charge in [0.05, 0.1) is 0 Å². The molecule has 3 nitrogen and oxygen atoms in total. The number of hydrogen-bond acceptors (Lipinski definition) is 3. The molecule has 1 saturated heterocycles. The molecule has 0 bridgehead atoms. The van der Waals surface area contributed by atoms with E-state index in [2.05, 4.69) is 0 Å². The van der Waals surface area contributed by atoms with E-state index < -0.39 is 11.9 Å². The van der Waals surface area contributed by atoms with E-state index in [0.717, 1.165) is 5.57 Å². The largest absolute Gasteiger partial charge is 0.386 e. The Hall–Kier alpha value is -0.380. The lowest BCUT2D eigenvalue weighted by atomic mass is 10.2. The predicted molar refractivity (Wildman–Crippen MR) is 43.6 cm³/mol. The molecule has 3 heteroatoms. The van der Waals surface area contributed by atoms with Crippen LogP contribution in [-0.2, 0) is 9.47 Å². The van der Waals surface area contributed by atoms with Gasteiger partial charge in [0.1, 0.15) is 18.3 Å². The molecule has 2 aliphatic rings. The third-order valence-corrected chi connectivity index (χ3v) is 2.37. The monoisotopic (exact) mass is 170 g/mol. The minimum Gasteiger partial charge on any atom is -0.386 e. The summed E-state index contributed by atoms with van der Waals surface area (Å²) in [5, 5.41) is 9.63. The summed E-state index contributed by atoms with van der Waals surface area (Å²) in [7, 11) is 0. The van der Waals surface area contributed by atoms with Crippen LogP contribution in [0.3, 0.4) is 0 Å². The first kappa shape index (κ1) is 8.23. The maximum atomic E-state index is 9.63. The molecule has 1 aliphatic heterocycles. The Morgan fingerprint density at radius 3 is 2.67 bits per heavy atom. The fourth-order valence-electron chi connectivity index (χ4n) is 1.81. The van der Waals surface area contributed by atoms with Crippen molar-refractivity contribution in [2.24, 2.45) is 0 Å². The summed E-state index contributed by atoms with van der Waals surface area (Å²) < 4.78 is 11.1. The molecule has 1 N–H and O–H groups in total. The molecule has 1 aliphatic carbocycles. The van der Waals surface area contributed by atoms with Crippen molar-refractivity contribution in [2.45, 2.75) is 44.9 Å². The van der Waals surface area contributed by atoms with Crippen LogP contribution >= 0.6 is 0 Å². The molecule has 0 amide bonds. The van der Waals surface area contributed by atoms with Crippen LogP contribution in [0.4, 0.5) is 0 Å². The zero-order valence-electron chi connectivity index (χ0n) is 7.57. The standard InChI is InChI=1S/C9H14O3/c1-5-4-6-8(7(5)10)12-9(2,3)11-6/h4,6-8,10H,1-3H3. The quantitative estimate of drug-likeness (QED) is 0.547. The van der Waals surface area contributed by atoms with Crippen LogP contribution in [0.5, 0.6) is 0 Å². The molecule has 1 heterocycles. The van der Waals surface area contributed by atoms with Gasteiger partial charge >= 0.3 is 0 Å². The van der Waals surface area contributed by atoms with Gasteiger partial charge in [-0.1, -0.05) is 6.08 Å². The second kappa shape index (κ2) is 2.31. The Labute approximate surface area is 72.0 Å². The third-order valence-electron chi connectivity index (χ3n) is 2.37. The zero-order valence-corrected chi connectivity index (χ0v) is 7.57. The van der Waals surface area contributed by atoms with Gasteiger partial charge in [-0.2, -0.15) is 0 Å². The Morgan fingerprint density at radius 1 is 1.42 bits per heavy atom. The summed E-state index contributed by atoms with van der Waals surface area (Å²) in [5.74, 6) is -0.548. The SMILES string of the molecule is CC1=CC2OC(C)(C)OC2C1O. The van der Waals surface area contributed by atoms with E-state index in [9.17, 15) is 5.11 Å². The first-order valence-corrected chi connectivity index (χ1v) is 4.22. The molecule has 0 aromatic heterocycles. The lowest BCUT2D eigenvalue weighted by molar-refractivity contribution is -0.152. The van der Waals surface area contributed by atoms with Crippen molar-refractivity contribution in [3.63, 3.8) is 0 Å². The molecule has 1 fully saturated rings. The number of ether oxygens (including phenoxy) is 2. The molecular formula is C9H14O3. The molecule has 0 aromatic carbocycles. The van der Waals surface area contributed by atoms with E-state index in [1.807, 2.05) is 26.8 Å². The minimum atomic E-state index is -0.548. The molecule has 3 atom stereocenters. The van der Waals surface area contributed by atoms with Crippen molar-refractivity contribution in [3.05, 3.63) is 11.6 Å². The van der Waals surface area contributed by atoms with Crippen LogP contribution in [0.15, 0.2) is 11.6 Å². The van der Waals surface area contributed by atoms with Crippen molar-refractivity contribution in [3.8, 4) is 0 Å². The summed E-state index contributed by atoms with van der Waals surface area (Å²) >= 11 is 0. The highest BCUT2D eigenvalue weighted by Crippen LogP contribution is 2.36. The van der Waals surface area contributed by atoms with E-state index in [1.165, 1.54) is 0 Å². The molecular weight excluding hydrogens is 156 g/mol. The predicted octanol–water partition coefficient (Wildman–Crippen LogP) is 0.827. The van der Waals surface area contributed by atoms with Gasteiger partial charge in [-0.15, -0.1) is 0 Å². The highest BCUT2D eigenvalue weighted by Gasteiger charge is 2.47. The van der Waals surface area contributed by atoms with Gasteiger partial charge in [0, 0.05) is 0 Å². The summed E-state index contributed by atoms with van der Waals surface area (Å²) in [6.07, 6.45) is 1.19. The summed E-state index contributed by atoms with van der Waals surface area (Å²) in [4.78, 5) is 0. The average Bonchev–Trinajstić information content (AvgIpc) is 2.33. The Morgan fingerprint density at radius 2 is 2.08 bits per heavy atom. The maximum absolute atomic E-state index is 9.63. The normalized spacial score (nSPS) is 44.3. The topological polar surface area (TPSA) is 38.7 Å². The van der Waals surface area contributed by atoms with Crippen LogP contribution in [-0.4, -0.2) is 29.2 Å². The molecule has 3 unspecified atom stereocenters. The molecule has 12 heavy (non-hydrogen) atoms. The molecule has 0 saturated carbocycles. The first-order valence-electron chi connectivity index (χ1n) is 4.22. The fraction of sp³-hybridized carbons (Fsp3) is 0.778. The van der Waals surface area contributed by atoms with Crippen LogP contribution < -0.4 is 0 Å². The van der Waals surface area contributed by atoms with Crippen molar-refractivity contribution >= 4 is 0 Å². The summed E-state index contributed by atoms with van der Waals surface area (Å²) in [5.41, 5.74) is 0.945. The molecule has 0 aromatic rings. The molecule has 0 spiro atoms. The maximum Gasteiger partial charge on any atom is 0.164 e. The van der Waals surface area contributed by atoms with Gasteiger partial charge in [-0.3, -0.25) is 0 Å². The van der Waals surface area contributed by atoms with Crippen molar-refractivity contribution in [2.75, 3.05) is 0 Å². The second-order valence-corrected chi connectivity index (χ2v) is 3.92. The molecule has 2 rings (SSSR count). The Bertz CT molecular complexity index is 232. The van der Waals surface area contributed by atoms with Crippen LogP contribution in [0.25, 0.3) is 0 Å². The van der Waals surface area contributed by atoms with Gasteiger partial charge in [0.15, 0.2) is 5.79 Å². The number of hydrogen-bond donors (Lipinski definition) is 1. The van der Waals surface area contributed by atoms with Crippen molar-refractivity contribution in [1.82, 2.24) is 0 Å². The first-order chi connectivity index (χ1) is 5.49. The van der Waals surface area contributed by atoms with E-state index in [4.69, 9.17) is 9.47 Å². The lowest BCUT2D eigenvalue weighted by Crippen LogP contribution is -2.30. The third kappa shape index (κ3) is 1.09. The van der Waals surface area contributed by atoms with Crippen molar-refractivity contribution < 1.29 is 14.6 Å². The lowest BCUT2D eigenvalue weighted by Gasteiger charge is -2.19. The average molecular weight is 170 g/mol. The van der Waals surface area contributed by atoms with Gasteiger partial charge in [-0.05, 0) is 26.3 Å². The van der Waals surface area contributed by atoms with Crippen LogP contribution in [0.1, 0.15) is 20.8 Å². The van der Waals surface area contributed by atoms with E-state index >= 15 is 0 Å². The zero-order chi connectivity index (χ0) is 8.93. The highest BCUT2D eigenvalue weighted by atomic mass is 16.8. The van der Waals surface area contributed by atoms with Gasteiger partial charge in [0.25, 0.3) is 0 Å². The molecule has 68 valence electrons. The Balaban J connectivity index is 2.19. The van der Waals surface area contributed by atoms with Crippen molar-refractivity contribution in [1.29, 1.82) is 0 Å². The molecule has 0 radical (unpaired) electrons. The van der Waals surface area contributed by atoms with Crippen LogP contribution in [0.2, 0.25) is 0 Å². The smallest absolute Gasteiger partial charge is 0.164 e. The van der Waals surface area contributed by atoms with E-state index in [0.29, 0.717) is 0 Å². The van der Waals surface area contributed by atoms with E-state index in [1.54, 1.807) is 0 Å². The number of rotatable bonds is 0. The number of aliphatic hydroxyl groups excluding tert-OH is 1. The second-order valence-electron chi connectivity index (χ2n) is 3.92. The van der Waals surface area contributed by atoms with E-state index in [-0.39, 0.29) is 12.2 Å². The minimum absolute atomic E-state index is 0.0602. The summed E-state index contributed by atoms with van der Waals surface area (Å²) in [6, 6.07) is 0. The number of fused-ring (bicyclic) bond motifs is 1. The van der Waals surface area contributed by atoms with Gasteiger partial charge in [0.2, 0.25) is 0 Å². The fourth-order valence-corrected chi connectivity index (χ4v) is 1.81. The van der Waals surface area contributed by atoms with Gasteiger partial charge in [-0.25, -0.2) is 0 Å². The van der Waals surface area contributed by atoms with Gasteiger partial charge < -0.3 is 14.6 Å². The number of aliphatic hydroxyl groups is 1. The summed E-state index contributed by atoms with van der Waals surface area (Å²) in [6.45, 7) is 5.62.